The lowest BCUT2D eigenvalue weighted by molar-refractivity contribution is -0.171. The summed E-state index contributed by atoms with van der Waals surface area (Å²) in [4.78, 5) is 25.5. The minimum atomic E-state index is -0.245. The van der Waals surface area contributed by atoms with Crippen molar-refractivity contribution in [2.24, 2.45) is 5.92 Å². The fourth-order valence-corrected chi connectivity index (χ4v) is 5.02. The highest BCUT2D eigenvalue weighted by Gasteiger charge is 2.23. The molecule has 7 heteroatoms. The van der Waals surface area contributed by atoms with E-state index in [2.05, 4.69) is 0 Å². The summed E-state index contributed by atoms with van der Waals surface area (Å²) in [5.41, 5.74) is 1.35. The van der Waals surface area contributed by atoms with Crippen molar-refractivity contribution in [2.45, 2.75) is 77.4 Å². The van der Waals surface area contributed by atoms with Crippen LogP contribution in [0.25, 0.3) is 0 Å². The van der Waals surface area contributed by atoms with Gasteiger partial charge in [0.15, 0.2) is 17.9 Å². The molecule has 0 N–H and O–H groups in total. The largest absolute Gasteiger partial charge is 0.493 e. The fraction of sp³-hybridized carbons (Fsp3) is 0.500. The molecule has 1 aliphatic heterocycles. The van der Waals surface area contributed by atoms with Gasteiger partial charge in [0.1, 0.15) is 5.75 Å². The molecule has 3 rings (SSSR count). The van der Waals surface area contributed by atoms with Gasteiger partial charge in [0.2, 0.25) is 0 Å². The first-order valence-corrected chi connectivity index (χ1v) is 14.8. The van der Waals surface area contributed by atoms with Crippen LogP contribution < -0.4 is 4.74 Å². The Morgan fingerprint density at radius 1 is 1.00 bits per heavy atom. The van der Waals surface area contributed by atoms with Gasteiger partial charge in [-0.25, -0.2) is 0 Å². The zero-order valence-corrected chi connectivity index (χ0v) is 24.4. The number of para-hydroxylation sites is 1. The average molecular weight is 576 g/mol. The van der Waals surface area contributed by atoms with Gasteiger partial charge in [-0.1, -0.05) is 72.5 Å². The van der Waals surface area contributed by atoms with Crippen LogP contribution in [0.2, 0.25) is 10.0 Å². The lowest BCUT2D eigenvalue weighted by Gasteiger charge is -2.25. The number of halogens is 2. The van der Waals surface area contributed by atoms with Crippen molar-refractivity contribution < 1.29 is 23.8 Å². The zero-order valence-electron chi connectivity index (χ0n) is 22.8. The Hall–Kier alpha value is -2.18. The normalized spacial score (nSPS) is 16.6. The maximum absolute atomic E-state index is 13.2. The lowest BCUT2D eigenvalue weighted by Crippen LogP contribution is -2.29. The first-order valence-electron chi connectivity index (χ1n) is 14.0. The molecule has 1 fully saturated rings. The van der Waals surface area contributed by atoms with Gasteiger partial charge in [-0.2, -0.15) is 0 Å². The van der Waals surface area contributed by atoms with Gasteiger partial charge in [-0.3, -0.25) is 9.59 Å². The number of unbranched alkanes of at least 4 members (excludes halogenated alkanes) is 4. The zero-order chi connectivity index (χ0) is 27.9. The molecule has 2 aromatic carbocycles. The first-order chi connectivity index (χ1) is 18.9. The Labute approximate surface area is 242 Å². The Morgan fingerprint density at radius 3 is 2.54 bits per heavy atom. The standard InChI is InChI=1S/C32H40Cl2O5/c1-24(35)28(17-9-4-2-3-6-13-26-14-12-18-29(33)32(26)34)30(36)21-25(22-38-27-15-7-5-8-16-27)23-39-31-19-10-11-20-37-31/h5,7-8,12,14-18,25,31H,2-4,6,9-11,13,19-23H2,1H3. The minimum absolute atomic E-state index is 0.159. The van der Waals surface area contributed by atoms with Gasteiger partial charge in [0.05, 0.1) is 28.8 Å². The second kappa shape index (κ2) is 17.5. The van der Waals surface area contributed by atoms with Crippen LogP contribution in [0.1, 0.15) is 70.3 Å². The van der Waals surface area contributed by atoms with E-state index in [1.807, 2.05) is 42.5 Å². The van der Waals surface area contributed by atoms with Crippen molar-refractivity contribution in [1.82, 2.24) is 0 Å². The number of allylic oxidation sites excluding steroid dienone is 2. The van der Waals surface area contributed by atoms with Gasteiger partial charge in [0.25, 0.3) is 0 Å². The molecule has 212 valence electrons. The highest BCUT2D eigenvalue weighted by Crippen LogP contribution is 2.27. The number of ketones is 2. The molecule has 1 saturated heterocycles. The van der Waals surface area contributed by atoms with E-state index in [-0.39, 0.29) is 35.8 Å². The van der Waals surface area contributed by atoms with Crippen LogP contribution in [0, 0.1) is 5.92 Å². The highest BCUT2D eigenvalue weighted by atomic mass is 35.5. The lowest BCUT2D eigenvalue weighted by atomic mass is 9.96. The van der Waals surface area contributed by atoms with Crippen LogP contribution in [0.3, 0.4) is 0 Å². The number of hydrogen-bond donors (Lipinski definition) is 0. The molecule has 0 radical (unpaired) electrons. The SMILES string of the molecule is CC(=O)C(=CCCCCCCc1cccc(Cl)c1Cl)C(=O)CC(COc1ccccc1)COC1CCCCO1. The molecule has 2 atom stereocenters. The first kappa shape index (κ1) is 31.3. The van der Waals surface area contributed by atoms with Crippen LogP contribution in [-0.2, 0) is 25.5 Å². The molecule has 2 aromatic rings. The number of ether oxygens (including phenoxy) is 3. The van der Waals surface area contributed by atoms with Crippen molar-refractivity contribution in [2.75, 3.05) is 19.8 Å². The quantitative estimate of drug-likeness (QED) is 0.0824. The summed E-state index contributed by atoms with van der Waals surface area (Å²) in [5.74, 6) is 0.191. The van der Waals surface area contributed by atoms with Crippen molar-refractivity contribution in [3.63, 3.8) is 0 Å². The number of hydrogen-bond acceptors (Lipinski definition) is 5. The highest BCUT2D eigenvalue weighted by molar-refractivity contribution is 6.42. The Morgan fingerprint density at radius 2 is 1.79 bits per heavy atom. The minimum Gasteiger partial charge on any atom is -0.493 e. The van der Waals surface area contributed by atoms with E-state index in [1.165, 1.54) is 6.92 Å². The van der Waals surface area contributed by atoms with E-state index in [9.17, 15) is 9.59 Å². The number of carbonyl (C=O) groups excluding carboxylic acids is 2. The van der Waals surface area contributed by atoms with Gasteiger partial charge in [-0.15, -0.1) is 0 Å². The van der Waals surface area contributed by atoms with E-state index in [0.717, 1.165) is 62.7 Å². The van der Waals surface area contributed by atoms with Gasteiger partial charge >= 0.3 is 0 Å². The topological polar surface area (TPSA) is 61.8 Å². The molecule has 0 spiro atoms. The Balaban J connectivity index is 1.47. The molecule has 0 aliphatic carbocycles. The van der Waals surface area contributed by atoms with Crippen LogP contribution in [0.4, 0.5) is 0 Å². The van der Waals surface area contributed by atoms with Gasteiger partial charge in [-0.05, 0) is 75.6 Å². The van der Waals surface area contributed by atoms with Crippen LogP contribution in [0.5, 0.6) is 5.75 Å². The molecule has 0 saturated carbocycles. The number of benzene rings is 2. The third kappa shape index (κ3) is 11.4. The second-order valence-corrected chi connectivity index (χ2v) is 10.9. The molecule has 1 heterocycles. The molecule has 5 nitrogen and oxygen atoms in total. The molecular formula is C32H40Cl2O5. The van der Waals surface area contributed by atoms with Crippen molar-refractivity contribution in [3.05, 3.63) is 75.8 Å². The molecule has 2 unspecified atom stereocenters. The third-order valence-electron chi connectivity index (χ3n) is 6.82. The predicted octanol–water partition coefficient (Wildman–Crippen LogP) is 8.20. The Kier molecular flexibility index (Phi) is 14.1. The van der Waals surface area contributed by atoms with Crippen LogP contribution >= 0.6 is 23.2 Å². The predicted molar refractivity (Wildman–Crippen MR) is 157 cm³/mol. The van der Waals surface area contributed by atoms with E-state index < -0.39 is 0 Å². The molecule has 39 heavy (non-hydrogen) atoms. The monoisotopic (exact) mass is 574 g/mol. The fourth-order valence-electron chi connectivity index (χ4n) is 4.61. The third-order valence-corrected chi connectivity index (χ3v) is 7.68. The summed E-state index contributed by atoms with van der Waals surface area (Å²) in [6.07, 6.45) is 10.3. The van der Waals surface area contributed by atoms with Gasteiger partial charge < -0.3 is 14.2 Å². The van der Waals surface area contributed by atoms with Crippen molar-refractivity contribution in [1.29, 1.82) is 0 Å². The smallest absolute Gasteiger partial charge is 0.166 e. The number of aryl methyl sites for hydroxylation is 1. The molecule has 0 amide bonds. The molecular weight excluding hydrogens is 535 g/mol. The maximum Gasteiger partial charge on any atom is 0.166 e. The summed E-state index contributed by atoms with van der Waals surface area (Å²) < 4.78 is 17.6. The van der Waals surface area contributed by atoms with Gasteiger partial charge in [0, 0.05) is 18.9 Å². The molecule has 0 aromatic heterocycles. The number of rotatable bonds is 17. The number of Topliss-reactive ketones (excluding diaryl/α,β-unsaturated/α-hetero) is 2. The number of carbonyl (C=O) groups is 2. The van der Waals surface area contributed by atoms with E-state index in [0.29, 0.717) is 36.3 Å². The summed E-state index contributed by atoms with van der Waals surface area (Å²) in [5, 5.41) is 1.22. The molecule has 1 aliphatic rings. The van der Waals surface area contributed by atoms with E-state index >= 15 is 0 Å². The summed E-state index contributed by atoms with van der Waals surface area (Å²) in [6.45, 7) is 2.82. The van der Waals surface area contributed by atoms with E-state index in [4.69, 9.17) is 37.4 Å². The Bertz CT molecular complexity index is 1060. The van der Waals surface area contributed by atoms with E-state index in [1.54, 1.807) is 12.1 Å². The van der Waals surface area contributed by atoms with Crippen LogP contribution in [-0.4, -0.2) is 37.7 Å². The summed E-state index contributed by atoms with van der Waals surface area (Å²) >= 11 is 12.4. The summed E-state index contributed by atoms with van der Waals surface area (Å²) in [6, 6.07) is 15.2. The second-order valence-electron chi connectivity index (χ2n) is 10.1. The van der Waals surface area contributed by atoms with Crippen LogP contribution in [0.15, 0.2) is 60.2 Å². The van der Waals surface area contributed by atoms with Crippen molar-refractivity contribution >= 4 is 34.8 Å². The molecule has 0 bridgehead atoms. The summed E-state index contributed by atoms with van der Waals surface area (Å²) in [7, 11) is 0. The maximum atomic E-state index is 13.2. The average Bonchev–Trinajstić information content (AvgIpc) is 2.94. The van der Waals surface area contributed by atoms with Crippen molar-refractivity contribution in [3.8, 4) is 5.75 Å².